The Morgan fingerprint density at radius 3 is 2.67 bits per heavy atom. The first kappa shape index (κ1) is 15.8. The van der Waals surface area contributed by atoms with E-state index < -0.39 is 12.6 Å². The van der Waals surface area contributed by atoms with Crippen molar-refractivity contribution in [2.75, 3.05) is 19.6 Å². The fraction of sp³-hybridized carbons (Fsp3) is 1.00. The Balaban J connectivity index is 2.39. The van der Waals surface area contributed by atoms with Gasteiger partial charge in [0.2, 0.25) is 0 Å². The van der Waals surface area contributed by atoms with E-state index in [-0.39, 0.29) is 6.42 Å². The van der Waals surface area contributed by atoms with Gasteiger partial charge in [-0.25, -0.2) is 0 Å². The van der Waals surface area contributed by atoms with Crippen LogP contribution in [0.1, 0.15) is 46.0 Å². The van der Waals surface area contributed by atoms with Crippen molar-refractivity contribution in [2.24, 2.45) is 0 Å². The van der Waals surface area contributed by atoms with E-state index in [1.807, 2.05) is 0 Å². The summed E-state index contributed by atoms with van der Waals surface area (Å²) < 4.78 is 36.5. The van der Waals surface area contributed by atoms with Crippen LogP contribution in [0.25, 0.3) is 0 Å². The van der Waals surface area contributed by atoms with Crippen molar-refractivity contribution in [1.82, 2.24) is 10.2 Å². The van der Waals surface area contributed by atoms with Gasteiger partial charge in [-0.2, -0.15) is 13.2 Å². The van der Waals surface area contributed by atoms with Crippen molar-refractivity contribution in [3.8, 4) is 0 Å². The van der Waals surface area contributed by atoms with Crippen LogP contribution in [0.4, 0.5) is 13.2 Å². The Morgan fingerprint density at radius 2 is 2.06 bits per heavy atom. The third kappa shape index (κ3) is 5.57. The molecule has 1 fully saturated rings. The van der Waals surface area contributed by atoms with Crippen LogP contribution in [0.5, 0.6) is 0 Å². The minimum Gasteiger partial charge on any atom is -0.313 e. The van der Waals surface area contributed by atoms with Gasteiger partial charge in [-0.1, -0.05) is 13.3 Å². The third-order valence-corrected chi connectivity index (χ3v) is 3.67. The van der Waals surface area contributed by atoms with E-state index in [0.717, 1.165) is 25.9 Å². The minimum absolute atomic E-state index is 0.221. The Hall–Kier alpha value is -0.290. The molecule has 0 aromatic rings. The molecule has 0 spiro atoms. The van der Waals surface area contributed by atoms with Crippen molar-refractivity contribution < 1.29 is 13.2 Å². The van der Waals surface area contributed by atoms with Crippen LogP contribution in [0.15, 0.2) is 0 Å². The van der Waals surface area contributed by atoms with E-state index in [1.54, 1.807) is 0 Å². The number of nitrogens with one attached hydrogen (secondary N) is 1. The Kier molecular flexibility index (Phi) is 6.43. The fourth-order valence-corrected chi connectivity index (χ4v) is 2.80. The number of likely N-dealkylation sites (tertiary alicyclic amines) is 1. The molecule has 1 saturated heterocycles. The molecule has 0 aromatic heterocycles. The second-order valence-corrected chi connectivity index (χ2v) is 5.16. The zero-order valence-electron chi connectivity index (χ0n) is 11.4. The fourth-order valence-electron chi connectivity index (χ4n) is 2.80. The second kappa shape index (κ2) is 7.34. The lowest BCUT2D eigenvalue weighted by Gasteiger charge is -2.39. The van der Waals surface area contributed by atoms with Gasteiger partial charge in [0.1, 0.15) is 0 Å². The van der Waals surface area contributed by atoms with Gasteiger partial charge < -0.3 is 5.32 Å². The molecular weight excluding hydrogens is 241 g/mol. The van der Waals surface area contributed by atoms with Crippen molar-refractivity contribution in [3.05, 3.63) is 0 Å². The molecule has 1 rings (SSSR count). The molecule has 0 bridgehead atoms. The van der Waals surface area contributed by atoms with Gasteiger partial charge in [0, 0.05) is 18.5 Å². The highest BCUT2D eigenvalue weighted by Crippen LogP contribution is 2.24. The van der Waals surface area contributed by atoms with Crippen molar-refractivity contribution in [3.63, 3.8) is 0 Å². The van der Waals surface area contributed by atoms with Gasteiger partial charge in [-0.3, -0.25) is 4.90 Å². The lowest BCUT2D eigenvalue weighted by atomic mass is 9.96. The van der Waals surface area contributed by atoms with Crippen LogP contribution < -0.4 is 5.32 Å². The topological polar surface area (TPSA) is 15.3 Å². The van der Waals surface area contributed by atoms with Gasteiger partial charge >= 0.3 is 6.18 Å². The molecule has 2 unspecified atom stereocenters. The Morgan fingerprint density at radius 1 is 1.33 bits per heavy atom. The molecule has 0 saturated carbocycles. The first-order chi connectivity index (χ1) is 8.44. The molecule has 0 aliphatic carbocycles. The van der Waals surface area contributed by atoms with Crippen molar-refractivity contribution in [1.29, 1.82) is 0 Å². The standard InChI is InChI=1S/C13H25F3N2/c1-3-17-11(2)12-7-4-5-9-18(12)10-6-8-13(14,15)16/h11-12,17H,3-10H2,1-2H3. The molecule has 1 heterocycles. The summed E-state index contributed by atoms with van der Waals surface area (Å²) in [4.78, 5) is 2.24. The van der Waals surface area contributed by atoms with Gasteiger partial charge in [0.05, 0.1) is 0 Å². The quantitative estimate of drug-likeness (QED) is 0.794. The summed E-state index contributed by atoms with van der Waals surface area (Å²) in [5.41, 5.74) is 0. The number of hydrogen-bond acceptors (Lipinski definition) is 2. The maximum Gasteiger partial charge on any atom is 0.389 e. The Bertz CT molecular complexity index is 231. The first-order valence-electron chi connectivity index (χ1n) is 6.98. The maximum absolute atomic E-state index is 12.2. The first-order valence-corrected chi connectivity index (χ1v) is 6.98. The summed E-state index contributed by atoms with van der Waals surface area (Å²) in [5, 5.41) is 3.39. The molecule has 0 amide bonds. The van der Waals surface area contributed by atoms with E-state index in [4.69, 9.17) is 0 Å². The minimum atomic E-state index is -4.02. The van der Waals surface area contributed by atoms with E-state index in [2.05, 4.69) is 24.1 Å². The number of rotatable bonds is 6. The highest BCUT2D eigenvalue weighted by Gasteiger charge is 2.29. The summed E-state index contributed by atoms with van der Waals surface area (Å²) in [7, 11) is 0. The molecule has 1 aliphatic heterocycles. The number of nitrogens with zero attached hydrogens (tertiary/aromatic N) is 1. The van der Waals surface area contributed by atoms with Gasteiger partial charge in [-0.05, 0) is 45.8 Å². The molecule has 0 aromatic carbocycles. The number of hydrogen-bond donors (Lipinski definition) is 1. The number of alkyl halides is 3. The van der Waals surface area contributed by atoms with Crippen molar-refractivity contribution >= 4 is 0 Å². The van der Waals surface area contributed by atoms with E-state index in [0.29, 0.717) is 18.6 Å². The molecule has 1 aliphatic rings. The normalized spacial score (nSPS) is 24.2. The second-order valence-electron chi connectivity index (χ2n) is 5.16. The maximum atomic E-state index is 12.2. The number of halogens is 3. The lowest BCUT2D eigenvalue weighted by Crippen LogP contribution is -2.51. The molecule has 1 N–H and O–H groups in total. The number of likely N-dealkylation sites (N-methyl/N-ethyl adjacent to an activating group) is 1. The van der Waals surface area contributed by atoms with E-state index in [9.17, 15) is 13.2 Å². The molecule has 0 radical (unpaired) electrons. The van der Waals surface area contributed by atoms with Gasteiger partial charge in [0.25, 0.3) is 0 Å². The largest absolute Gasteiger partial charge is 0.389 e. The average Bonchev–Trinajstić information content (AvgIpc) is 2.28. The third-order valence-electron chi connectivity index (χ3n) is 3.67. The summed E-state index contributed by atoms with van der Waals surface area (Å²) in [6, 6.07) is 0.758. The summed E-state index contributed by atoms with van der Waals surface area (Å²) in [6.07, 6.45) is -1.05. The predicted octanol–water partition coefficient (Wildman–Crippen LogP) is 3.18. The Labute approximate surface area is 108 Å². The van der Waals surface area contributed by atoms with Gasteiger partial charge in [-0.15, -0.1) is 0 Å². The highest BCUT2D eigenvalue weighted by molar-refractivity contribution is 4.84. The molecule has 2 nitrogen and oxygen atoms in total. The lowest BCUT2D eigenvalue weighted by molar-refractivity contribution is -0.136. The van der Waals surface area contributed by atoms with Crippen LogP contribution in [0.3, 0.4) is 0 Å². The average molecular weight is 266 g/mol. The zero-order valence-corrected chi connectivity index (χ0v) is 11.4. The smallest absolute Gasteiger partial charge is 0.313 e. The monoisotopic (exact) mass is 266 g/mol. The summed E-state index contributed by atoms with van der Waals surface area (Å²) in [6.45, 7) is 6.62. The molecule has 5 heteroatoms. The zero-order chi connectivity index (χ0) is 13.6. The SMILES string of the molecule is CCNC(C)C1CCCCN1CCCC(F)(F)F. The van der Waals surface area contributed by atoms with Crippen LogP contribution in [-0.4, -0.2) is 42.8 Å². The van der Waals surface area contributed by atoms with E-state index >= 15 is 0 Å². The van der Waals surface area contributed by atoms with Gasteiger partial charge in [0.15, 0.2) is 0 Å². The molecule has 2 atom stereocenters. The molecule has 108 valence electrons. The summed E-state index contributed by atoms with van der Waals surface area (Å²) >= 11 is 0. The number of piperidine rings is 1. The van der Waals surface area contributed by atoms with Crippen molar-refractivity contribution in [2.45, 2.75) is 64.2 Å². The van der Waals surface area contributed by atoms with Crippen LogP contribution in [0.2, 0.25) is 0 Å². The van der Waals surface area contributed by atoms with E-state index in [1.165, 1.54) is 6.42 Å². The predicted molar refractivity (Wildman–Crippen MR) is 67.6 cm³/mol. The molecule has 18 heavy (non-hydrogen) atoms. The molecular formula is C13H25F3N2. The highest BCUT2D eigenvalue weighted by atomic mass is 19.4. The van der Waals surface area contributed by atoms with Crippen LogP contribution in [0, 0.1) is 0 Å². The summed E-state index contributed by atoms with van der Waals surface area (Å²) in [5.74, 6) is 0. The van der Waals surface area contributed by atoms with Crippen LogP contribution in [-0.2, 0) is 0 Å². The van der Waals surface area contributed by atoms with Crippen LogP contribution >= 0.6 is 0 Å².